The Morgan fingerprint density at radius 2 is 1.38 bits per heavy atom. The molecule has 45 heavy (non-hydrogen) atoms. The monoisotopic (exact) mass is 576 g/mol. The summed E-state index contributed by atoms with van der Waals surface area (Å²) in [6.45, 7) is 0. The van der Waals surface area contributed by atoms with E-state index in [4.69, 9.17) is 15.0 Å². The Kier molecular flexibility index (Phi) is 5.91. The molecule has 0 aliphatic heterocycles. The van der Waals surface area contributed by atoms with E-state index in [0.29, 0.717) is 0 Å². The first-order valence-electron chi connectivity index (χ1n) is 15.4. The van der Waals surface area contributed by atoms with E-state index >= 15 is 0 Å². The number of hydrogen-bond donors (Lipinski definition) is 0. The summed E-state index contributed by atoms with van der Waals surface area (Å²) < 4.78 is 2.36. The van der Waals surface area contributed by atoms with Gasteiger partial charge in [-0.1, -0.05) is 97.1 Å². The maximum Gasteiger partial charge on any atom is 0.160 e. The zero-order valence-corrected chi connectivity index (χ0v) is 24.6. The predicted octanol–water partition coefficient (Wildman–Crippen LogP) is 10.3. The molecular formula is C41H28N4. The Labute approximate surface area is 260 Å². The lowest BCUT2D eigenvalue weighted by Gasteiger charge is -2.13. The molecule has 0 atom stereocenters. The number of aromatic nitrogens is 4. The van der Waals surface area contributed by atoms with Crippen LogP contribution in [0.2, 0.25) is 0 Å². The predicted molar refractivity (Wildman–Crippen MR) is 186 cm³/mol. The summed E-state index contributed by atoms with van der Waals surface area (Å²) in [6, 6.07) is 43.0. The first-order chi connectivity index (χ1) is 22.3. The summed E-state index contributed by atoms with van der Waals surface area (Å²) in [7, 11) is 0. The Balaban J connectivity index is 1.18. The number of nitrogens with zero attached hydrogens (tertiary/aromatic N) is 4. The van der Waals surface area contributed by atoms with E-state index in [1.807, 2.05) is 18.3 Å². The molecule has 0 unspecified atom stereocenters. The van der Waals surface area contributed by atoms with Crippen molar-refractivity contribution >= 4 is 49.1 Å². The Morgan fingerprint density at radius 3 is 2.27 bits per heavy atom. The number of rotatable bonds is 4. The number of fused-ring (bicyclic) bond motifs is 6. The molecule has 8 aromatic rings. The summed E-state index contributed by atoms with van der Waals surface area (Å²) in [5.74, 6) is 0.770. The summed E-state index contributed by atoms with van der Waals surface area (Å²) in [5, 5.41) is 5.90. The number of para-hydroxylation sites is 1. The molecule has 0 spiro atoms. The van der Waals surface area contributed by atoms with Gasteiger partial charge in [0.05, 0.1) is 27.9 Å². The highest BCUT2D eigenvalue weighted by molar-refractivity contribution is 6.20. The SMILES string of the molecule is C1=CC(c2nc(-c3ccccc3)cc(-c3ccc4cc(-n5c6ccccc6c6c7ncccc7ccc65)ccc4c3)n2)=CCC1. The highest BCUT2D eigenvalue weighted by atomic mass is 15.0. The fourth-order valence-corrected chi connectivity index (χ4v) is 6.67. The number of benzene rings is 5. The van der Waals surface area contributed by atoms with Gasteiger partial charge in [0.25, 0.3) is 0 Å². The van der Waals surface area contributed by atoms with E-state index in [2.05, 4.69) is 132 Å². The Hall–Kier alpha value is -5.87. The largest absolute Gasteiger partial charge is 0.309 e. The van der Waals surface area contributed by atoms with Gasteiger partial charge < -0.3 is 4.57 Å². The number of pyridine rings is 1. The van der Waals surface area contributed by atoms with Crippen LogP contribution in [0.4, 0.5) is 0 Å². The molecule has 212 valence electrons. The van der Waals surface area contributed by atoms with Gasteiger partial charge in [-0.15, -0.1) is 0 Å². The van der Waals surface area contributed by atoms with Crippen molar-refractivity contribution < 1.29 is 0 Å². The van der Waals surface area contributed by atoms with Gasteiger partial charge in [0.2, 0.25) is 0 Å². The third kappa shape index (κ3) is 4.34. The van der Waals surface area contributed by atoms with Crippen LogP contribution in [0.3, 0.4) is 0 Å². The van der Waals surface area contributed by atoms with Crippen molar-refractivity contribution in [2.24, 2.45) is 0 Å². The van der Waals surface area contributed by atoms with Crippen LogP contribution < -0.4 is 0 Å². The molecule has 0 N–H and O–H groups in total. The molecule has 4 heteroatoms. The van der Waals surface area contributed by atoms with Gasteiger partial charge in [0, 0.05) is 44.7 Å². The second-order valence-electron chi connectivity index (χ2n) is 11.6. The van der Waals surface area contributed by atoms with Crippen molar-refractivity contribution in [3.8, 4) is 28.2 Å². The van der Waals surface area contributed by atoms with E-state index in [0.717, 1.165) is 68.9 Å². The molecule has 4 nitrogen and oxygen atoms in total. The maximum absolute atomic E-state index is 5.07. The second-order valence-corrected chi connectivity index (χ2v) is 11.6. The topological polar surface area (TPSA) is 43.6 Å². The van der Waals surface area contributed by atoms with Crippen molar-refractivity contribution in [1.29, 1.82) is 0 Å². The lowest BCUT2D eigenvalue weighted by molar-refractivity contribution is 1.03. The van der Waals surface area contributed by atoms with E-state index in [-0.39, 0.29) is 0 Å². The van der Waals surface area contributed by atoms with E-state index in [9.17, 15) is 0 Å². The number of allylic oxidation sites excluding steroid dienone is 4. The average Bonchev–Trinajstić information content (AvgIpc) is 3.46. The van der Waals surface area contributed by atoms with Crippen molar-refractivity contribution in [3.05, 3.63) is 152 Å². The molecule has 0 fully saturated rings. The van der Waals surface area contributed by atoms with Gasteiger partial charge in [0.15, 0.2) is 5.82 Å². The zero-order valence-electron chi connectivity index (χ0n) is 24.6. The lowest BCUT2D eigenvalue weighted by atomic mass is 10.0. The van der Waals surface area contributed by atoms with Crippen LogP contribution in [0.15, 0.2) is 146 Å². The van der Waals surface area contributed by atoms with Crippen LogP contribution >= 0.6 is 0 Å². The standard InChI is InChI=1S/C41H28N4/c1-3-10-27(11-4-1)35-26-36(44-41(43-35)29-12-5-2-6-13-29)32-18-17-31-25-33(21-19-30(31)24-32)45-37-16-8-7-15-34(37)39-38(45)22-20-28-14-9-23-42-40(28)39/h1,3-5,7-26H,2,6H2. The maximum atomic E-state index is 5.07. The minimum absolute atomic E-state index is 0.770. The molecule has 9 rings (SSSR count). The first kappa shape index (κ1) is 25.6. The summed E-state index contributed by atoms with van der Waals surface area (Å²) in [6.07, 6.45) is 10.5. The molecule has 0 saturated carbocycles. The highest BCUT2D eigenvalue weighted by Gasteiger charge is 2.16. The zero-order chi connectivity index (χ0) is 29.7. The van der Waals surface area contributed by atoms with Crippen molar-refractivity contribution in [2.45, 2.75) is 12.8 Å². The fourth-order valence-electron chi connectivity index (χ4n) is 6.67. The molecule has 0 amide bonds. The molecule has 3 aromatic heterocycles. The van der Waals surface area contributed by atoms with Crippen molar-refractivity contribution in [3.63, 3.8) is 0 Å². The normalized spacial score (nSPS) is 13.2. The molecular weight excluding hydrogens is 548 g/mol. The van der Waals surface area contributed by atoms with Gasteiger partial charge in [-0.3, -0.25) is 4.98 Å². The highest BCUT2D eigenvalue weighted by Crippen LogP contribution is 2.37. The van der Waals surface area contributed by atoms with Crippen LogP contribution in [0.1, 0.15) is 18.7 Å². The van der Waals surface area contributed by atoms with Gasteiger partial charge in [-0.05, 0) is 66.1 Å². The van der Waals surface area contributed by atoms with Crippen molar-refractivity contribution in [1.82, 2.24) is 19.5 Å². The minimum atomic E-state index is 0.770. The first-order valence-corrected chi connectivity index (χ1v) is 15.4. The fraction of sp³-hybridized carbons (Fsp3) is 0.0488. The molecule has 5 aromatic carbocycles. The van der Waals surface area contributed by atoms with Gasteiger partial charge in [-0.25, -0.2) is 9.97 Å². The minimum Gasteiger partial charge on any atom is -0.309 e. The van der Waals surface area contributed by atoms with Crippen LogP contribution in [0.5, 0.6) is 0 Å². The molecule has 0 radical (unpaired) electrons. The summed E-state index contributed by atoms with van der Waals surface area (Å²) in [4.78, 5) is 14.8. The summed E-state index contributed by atoms with van der Waals surface area (Å²) >= 11 is 0. The van der Waals surface area contributed by atoms with Crippen LogP contribution in [0.25, 0.3) is 77.3 Å². The van der Waals surface area contributed by atoms with E-state index < -0.39 is 0 Å². The van der Waals surface area contributed by atoms with E-state index in [1.54, 1.807) is 0 Å². The van der Waals surface area contributed by atoms with Crippen LogP contribution in [-0.4, -0.2) is 19.5 Å². The Morgan fingerprint density at radius 1 is 0.578 bits per heavy atom. The van der Waals surface area contributed by atoms with Crippen LogP contribution in [-0.2, 0) is 0 Å². The third-order valence-corrected chi connectivity index (χ3v) is 8.83. The smallest absolute Gasteiger partial charge is 0.160 e. The summed E-state index contributed by atoms with van der Waals surface area (Å²) in [5.41, 5.74) is 9.59. The van der Waals surface area contributed by atoms with Crippen LogP contribution in [0, 0.1) is 0 Å². The molecule has 0 saturated heterocycles. The lowest BCUT2D eigenvalue weighted by Crippen LogP contribution is -1.99. The molecule has 1 aliphatic carbocycles. The third-order valence-electron chi connectivity index (χ3n) is 8.83. The van der Waals surface area contributed by atoms with Gasteiger partial charge in [-0.2, -0.15) is 0 Å². The quantitative estimate of drug-likeness (QED) is 0.209. The molecule has 0 bridgehead atoms. The second kappa shape index (κ2) is 10.4. The molecule has 3 heterocycles. The average molecular weight is 577 g/mol. The van der Waals surface area contributed by atoms with E-state index in [1.165, 1.54) is 27.1 Å². The van der Waals surface area contributed by atoms with Gasteiger partial charge >= 0.3 is 0 Å². The Bertz CT molecular complexity index is 2480. The number of hydrogen-bond acceptors (Lipinski definition) is 3. The van der Waals surface area contributed by atoms with Crippen molar-refractivity contribution in [2.75, 3.05) is 0 Å². The van der Waals surface area contributed by atoms with Gasteiger partial charge in [0.1, 0.15) is 0 Å². The molecule has 1 aliphatic rings.